The van der Waals surface area contributed by atoms with Gasteiger partial charge in [0.15, 0.2) is 0 Å². The van der Waals surface area contributed by atoms with Gasteiger partial charge in [0, 0.05) is 10.6 Å². The zero-order valence-corrected chi connectivity index (χ0v) is 15.9. The van der Waals surface area contributed by atoms with Crippen LogP contribution in [0.5, 0.6) is 0 Å². The van der Waals surface area contributed by atoms with Gasteiger partial charge >= 0.3 is 6.18 Å². The van der Waals surface area contributed by atoms with E-state index in [0.717, 1.165) is 12.1 Å². The van der Waals surface area contributed by atoms with Gasteiger partial charge in [0.1, 0.15) is 0 Å². The van der Waals surface area contributed by atoms with E-state index in [-0.39, 0.29) is 29.7 Å². The van der Waals surface area contributed by atoms with Crippen molar-refractivity contribution in [1.29, 1.82) is 0 Å². The molecule has 0 saturated carbocycles. The Kier molecular flexibility index (Phi) is 7.46. The fourth-order valence-corrected chi connectivity index (χ4v) is 2.37. The standard InChI is InChI=1S/C17H23ClF3N3O2/c1-5-24(10-15(26)23-16(2,3)4)9-14(25)22-13-7-6-11(18)8-12(13)17(19,20)21/h6-8H,5,9-10H2,1-4H3,(H,22,25)(H,23,26). The van der Waals surface area contributed by atoms with Crippen LogP contribution in [0.25, 0.3) is 0 Å². The molecule has 0 spiro atoms. The molecule has 2 N–H and O–H groups in total. The molecule has 26 heavy (non-hydrogen) atoms. The maximum absolute atomic E-state index is 13.1. The van der Waals surface area contributed by atoms with E-state index in [1.54, 1.807) is 6.92 Å². The van der Waals surface area contributed by atoms with Gasteiger partial charge in [0.05, 0.1) is 24.3 Å². The summed E-state index contributed by atoms with van der Waals surface area (Å²) in [6.45, 7) is 7.37. The van der Waals surface area contributed by atoms with Crippen LogP contribution in [0.3, 0.4) is 0 Å². The molecule has 0 bridgehead atoms. The van der Waals surface area contributed by atoms with E-state index >= 15 is 0 Å². The third-order valence-corrected chi connectivity index (χ3v) is 3.49. The molecule has 146 valence electrons. The van der Waals surface area contributed by atoms with Crippen molar-refractivity contribution in [2.24, 2.45) is 0 Å². The molecule has 1 rings (SSSR count). The molecule has 0 aliphatic carbocycles. The summed E-state index contributed by atoms with van der Waals surface area (Å²) < 4.78 is 39.2. The number of hydrogen-bond donors (Lipinski definition) is 2. The summed E-state index contributed by atoms with van der Waals surface area (Å²) in [5.74, 6) is -0.919. The largest absolute Gasteiger partial charge is 0.418 e. The molecule has 1 aromatic carbocycles. The highest BCUT2D eigenvalue weighted by atomic mass is 35.5. The van der Waals surface area contributed by atoms with E-state index in [2.05, 4.69) is 10.6 Å². The van der Waals surface area contributed by atoms with Crippen LogP contribution in [-0.2, 0) is 15.8 Å². The van der Waals surface area contributed by atoms with Gasteiger partial charge < -0.3 is 10.6 Å². The second-order valence-corrected chi connectivity index (χ2v) is 7.27. The van der Waals surface area contributed by atoms with Crippen molar-refractivity contribution in [3.8, 4) is 0 Å². The number of halogens is 4. The predicted octanol–water partition coefficient (Wildman–Crippen LogP) is 3.53. The Hall–Kier alpha value is -1.80. The van der Waals surface area contributed by atoms with Crippen LogP contribution >= 0.6 is 11.6 Å². The molecule has 0 unspecified atom stereocenters. The fourth-order valence-electron chi connectivity index (χ4n) is 2.19. The second kappa shape index (κ2) is 8.73. The minimum absolute atomic E-state index is 0.0338. The van der Waals surface area contributed by atoms with Crippen LogP contribution in [0.4, 0.5) is 18.9 Å². The number of rotatable bonds is 6. The molecule has 0 fully saturated rings. The molecule has 5 nitrogen and oxygen atoms in total. The zero-order chi connectivity index (χ0) is 20.1. The molecule has 2 amide bonds. The molecule has 0 radical (unpaired) electrons. The number of hydrogen-bond acceptors (Lipinski definition) is 3. The number of anilines is 1. The number of alkyl halides is 3. The van der Waals surface area contributed by atoms with Crippen molar-refractivity contribution in [1.82, 2.24) is 10.2 Å². The highest BCUT2D eigenvalue weighted by molar-refractivity contribution is 6.30. The molecule has 0 aliphatic heterocycles. The first kappa shape index (κ1) is 22.2. The molecule has 0 heterocycles. The Morgan fingerprint density at radius 2 is 1.69 bits per heavy atom. The number of nitrogens with one attached hydrogen (secondary N) is 2. The van der Waals surface area contributed by atoms with Gasteiger partial charge in [-0.3, -0.25) is 14.5 Å². The summed E-state index contributed by atoms with van der Waals surface area (Å²) in [6.07, 6.45) is -4.65. The van der Waals surface area contributed by atoms with Crippen LogP contribution in [0.2, 0.25) is 5.02 Å². The van der Waals surface area contributed by atoms with E-state index in [9.17, 15) is 22.8 Å². The molecule has 9 heteroatoms. The first-order chi connectivity index (χ1) is 11.8. The minimum Gasteiger partial charge on any atom is -0.350 e. The molecule has 0 aromatic heterocycles. The van der Waals surface area contributed by atoms with Gasteiger partial charge in [0.2, 0.25) is 11.8 Å². The van der Waals surface area contributed by atoms with Gasteiger partial charge in [0.25, 0.3) is 0 Å². The Morgan fingerprint density at radius 3 is 2.19 bits per heavy atom. The van der Waals surface area contributed by atoms with Crippen molar-refractivity contribution in [2.45, 2.75) is 39.4 Å². The van der Waals surface area contributed by atoms with Gasteiger partial charge in [-0.1, -0.05) is 18.5 Å². The Bertz CT molecular complexity index is 658. The van der Waals surface area contributed by atoms with E-state index in [0.29, 0.717) is 6.54 Å². The minimum atomic E-state index is -4.65. The number of carbonyl (C=O) groups excluding carboxylic acids is 2. The SMILES string of the molecule is CCN(CC(=O)Nc1ccc(Cl)cc1C(F)(F)F)CC(=O)NC(C)(C)C. The highest BCUT2D eigenvalue weighted by Crippen LogP contribution is 2.36. The molecule has 0 aliphatic rings. The molecule has 1 aromatic rings. The number of benzene rings is 1. The Balaban J connectivity index is 2.78. The average Bonchev–Trinajstić information content (AvgIpc) is 2.45. The lowest BCUT2D eigenvalue weighted by molar-refractivity contribution is -0.137. The summed E-state index contributed by atoms with van der Waals surface area (Å²) in [6, 6.07) is 3.12. The van der Waals surface area contributed by atoms with Crippen LogP contribution in [0.1, 0.15) is 33.3 Å². The van der Waals surface area contributed by atoms with Gasteiger partial charge in [-0.05, 0) is 45.5 Å². The monoisotopic (exact) mass is 393 g/mol. The predicted molar refractivity (Wildman–Crippen MR) is 95.1 cm³/mol. The third kappa shape index (κ3) is 7.61. The molecule has 0 atom stereocenters. The van der Waals surface area contributed by atoms with Crippen molar-refractivity contribution in [3.63, 3.8) is 0 Å². The van der Waals surface area contributed by atoms with Crippen LogP contribution in [0.15, 0.2) is 18.2 Å². The highest BCUT2D eigenvalue weighted by Gasteiger charge is 2.34. The molecule has 0 saturated heterocycles. The summed E-state index contributed by atoms with van der Waals surface area (Å²) in [5.41, 5.74) is -1.81. The van der Waals surface area contributed by atoms with Gasteiger partial charge in [-0.2, -0.15) is 13.2 Å². The van der Waals surface area contributed by atoms with Crippen LogP contribution < -0.4 is 10.6 Å². The van der Waals surface area contributed by atoms with E-state index < -0.39 is 23.2 Å². The zero-order valence-electron chi connectivity index (χ0n) is 15.1. The summed E-state index contributed by atoms with van der Waals surface area (Å²) in [5, 5.41) is 4.93. The van der Waals surface area contributed by atoms with Crippen LogP contribution in [-0.4, -0.2) is 41.9 Å². The first-order valence-electron chi connectivity index (χ1n) is 8.02. The number of likely N-dealkylation sites (N-methyl/N-ethyl adjacent to an activating group) is 1. The van der Waals surface area contributed by atoms with Gasteiger partial charge in [-0.15, -0.1) is 0 Å². The van der Waals surface area contributed by atoms with E-state index in [4.69, 9.17) is 11.6 Å². The smallest absolute Gasteiger partial charge is 0.350 e. The molecular weight excluding hydrogens is 371 g/mol. The van der Waals surface area contributed by atoms with E-state index in [1.807, 2.05) is 20.8 Å². The summed E-state index contributed by atoms with van der Waals surface area (Å²) in [7, 11) is 0. The quantitative estimate of drug-likeness (QED) is 0.777. The maximum Gasteiger partial charge on any atom is 0.418 e. The number of amides is 2. The van der Waals surface area contributed by atoms with Crippen molar-refractivity contribution in [3.05, 3.63) is 28.8 Å². The lowest BCUT2D eigenvalue weighted by atomic mass is 10.1. The lowest BCUT2D eigenvalue weighted by Crippen LogP contribution is -2.47. The summed E-state index contributed by atoms with van der Waals surface area (Å²) >= 11 is 5.61. The Labute approximate surface area is 155 Å². The normalized spacial score (nSPS) is 12.2. The van der Waals surface area contributed by atoms with Gasteiger partial charge in [-0.25, -0.2) is 0 Å². The third-order valence-electron chi connectivity index (χ3n) is 3.26. The summed E-state index contributed by atoms with van der Waals surface area (Å²) in [4.78, 5) is 25.6. The molecular formula is C17H23ClF3N3O2. The van der Waals surface area contributed by atoms with Crippen molar-refractivity contribution in [2.75, 3.05) is 25.0 Å². The lowest BCUT2D eigenvalue weighted by Gasteiger charge is -2.24. The second-order valence-electron chi connectivity index (χ2n) is 6.84. The number of carbonyl (C=O) groups is 2. The topological polar surface area (TPSA) is 61.4 Å². The number of nitrogens with zero attached hydrogens (tertiary/aromatic N) is 1. The Morgan fingerprint density at radius 1 is 1.12 bits per heavy atom. The fraction of sp³-hybridized carbons (Fsp3) is 0.529. The average molecular weight is 394 g/mol. The van der Waals surface area contributed by atoms with Crippen molar-refractivity contribution >= 4 is 29.1 Å². The van der Waals surface area contributed by atoms with E-state index in [1.165, 1.54) is 11.0 Å². The first-order valence-corrected chi connectivity index (χ1v) is 8.39. The van der Waals surface area contributed by atoms with Crippen LogP contribution in [0, 0.1) is 0 Å². The maximum atomic E-state index is 13.1. The van der Waals surface area contributed by atoms with Crippen molar-refractivity contribution < 1.29 is 22.8 Å².